The Morgan fingerprint density at radius 1 is 1.55 bits per heavy atom. The maximum Gasteiger partial charge on any atom is 0.00478 e. The van der Waals surface area contributed by atoms with Gasteiger partial charge >= 0.3 is 0 Å². The Hall–Kier alpha value is -0.350. The highest BCUT2D eigenvalue weighted by Crippen LogP contribution is 2.31. The smallest absolute Gasteiger partial charge is 0.00478 e. The molecule has 0 heterocycles. The van der Waals surface area contributed by atoms with Gasteiger partial charge in [-0.05, 0) is 18.4 Å². The quantitative estimate of drug-likeness (QED) is 0.525. The molecule has 11 heavy (non-hydrogen) atoms. The van der Waals surface area contributed by atoms with Crippen molar-refractivity contribution in [1.82, 2.24) is 0 Å². The summed E-state index contributed by atoms with van der Waals surface area (Å²) in [6, 6.07) is 0. The molecule has 0 saturated heterocycles. The van der Waals surface area contributed by atoms with Crippen LogP contribution in [0.5, 0.6) is 0 Å². The zero-order valence-corrected chi connectivity index (χ0v) is 8.33. The van der Waals surface area contributed by atoms with Gasteiger partial charge in [-0.15, -0.1) is 9.24 Å². The predicted octanol–water partition coefficient (Wildman–Crippen LogP) is 2.94. The topological polar surface area (TPSA) is 0 Å². The number of rotatable bonds is 1. The van der Waals surface area contributed by atoms with Gasteiger partial charge in [-0.25, -0.2) is 0 Å². The molecule has 0 radical (unpaired) electrons. The van der Waals surface area contributed by atoms with Crippen molar-refractivity contribution in [2.24, 2.45) is 5.92 Å². The van der Waals surface area contributed by atoms with E-state index in [0.717, 1.165) is 0 Å². The lowest BCUT2D eigenvalue weighted by Crippen LogP contribution is -2.16. The summed E-state index contributed by atoms with van der Waals surface area (Å²) < 4.78 is 0. The second-order valence-corrected chi connectivity index (χ2v) is 3.81. The third kappa shape index (κ3) is 1.62. The van der Waals surface area contributed by atoms with Crippen molar-refractivity contribution < 1.29 is 0 Å². The molecular weight excluding hydrogens is 151 g/mol. The van der Waals surface area contributed by atoms with E-state index in [1.54, 1.807) is 0 Å². The second-order valence-electron chi connectivity index (χ2n) is 3.10. The Morgan fingerprint density at radius 3 is 2.73 bits per heavy atom. The van der Waals surface area contributed by atoms with Gasteiger partial charge < -0.3 is 0 Å². The van der Waals surface area contributed by atoms with Crippen LogP contribution in [-0.2, 0) is 0 Å². The summed E-state index contributed by atoms with van der Waals surface area (Å²) in [6.45, 7) is 8.21. The fourth-order valence-corrected chi connectivity index (χ4v) is 1.82. The maximum absolute atomic E-state index is 3.78. The first kappa shape index (κ1) is 8.74. The summed E-state index contributed by atoms with van der Waals surface area (Å²) >= 11 is 0. The summed E-state index contributed by atoms with van der Waals surface area (Å²) in [5.41, 5.74) is 3.33. The summed E-state index contributed by atoms with van der Waals surface area (Å²) in [6.07, 6.45) is 6.28. The van der Waals surface area contributed by atoms with Gasteiger partial charge in [0.15, 0.2) is 0 Å². The molecule has 0 fully saturated rings. The van der Waals surface area contributed by atoms with E-state index in [2.05, 4.69) is 41.8 Å². The van der Waals surface area contributed by atoms with Crippen LogP contribution < -0.4 is 0 Å². The van der Waals surface area contributed by atoms with Crippen LogP contribution >= 0.6 is 9.24 Å². The minimum absolute atomic E-state index is 0.553. The molecule has 0 aromatic carbocycles. The highest BCUT2D eigenvalue weighted by Gasteiger charge is 2.18. The van der Waals surface area contributed by atoms with E-state index >= 15 is 0 Å². The van der Waals surface area contributed by atoms with Gasteiger partial charge in [-0.2, -0.15) is 0 Å². The maximum atomic E-state index is 3.78. The normalized spacial score (nSPS) is 30.8. The first-order valence-corrected chi connectivity index (χ1v) is 4.60. The van der Waals surface area contributed by atoms with Crippen LogP contribution in [0.1, 0.15) is 13.8 Å². The summed E-state index contributed by atoms with van der Waals surface area (Å²) in [4.78, 5) is 0. The van der Waals surface area contributed by atoms with Gasteiger partial charge in [0.25, 0.3) is 0 Å². The fourth-order valence-electron chi connectivity index (χ4n) is 1.27. The van der Waals surface area contributed by atoms with Crippen LogP contribution in [0.3, 0.4) is 0 Å². The highest BCUT2D eigenvalue weighted by atomic mass is 31.0. The molecule has 3 unspecified atom stereocenters. The molecule has 0 amide bonds. The van der Waals surface area contributed by atoms with Crippen LogP contribution in [0, 0.1) is 5.92 Å². The standard InChI is InChI=1S/C10H15P/c1-4-9-6-5-7(2)8(3)10(9)11/h4-6,8,10H,1,11H2,2-3H3. The lowest BCUT2D eigenvalue weighted by atomic mass is 9.89. The average Bonchev–Trinajstić information content (AvgIpc) is 2.01. The molecule has 1 aliphatic rings. The highest BCUT2D eigenvalue weighted by molar-refractivity contribution is 7.18. The van der Waals surface area contributed by atoms with Gasteiger partial charge in [0.1, 0.15) is 0 Å². The molecule has 3 atom stereocenters. The Labute approximate surface area is 71.3 Å². The third-order valence-corrected chi connectivity index (χ3v) is 3.38. The molecule has 1 heteroatoms. The molecule has 0 aliphatic heterocycles. The minimum atomic E-state index is 0.553. The Morgan fingerprint density at radius 2 is 2.18 bits per heavy atom. The van der Waals surface area contributed by atoms with E-state index in [9.17, 15) is 0 Å². The van der Waals surface area contributed by atoms with Crippen molar-refractivity contribution in [1.29, 1.82) is 0 Å². The molecular formula is C10H15P. The number of hydrogen-bond acceptors (Lipinski definition) is 0. The van der Waals surface area contributed by atoms with Crippen molar-refractivity contribution >= 4 is 9.24 Å². The van der Waals surface area contributed by atoms with E-state index in [1.165, 1.54) is 11.1 Å². The van der Waals surface area contributed by atoms with Crippen LogP contribution in [0.4, 0.5) is 0 Å². The molecule has 0 spiro atoms. The van der Waals surface area contributed by atoms with E-state index in [0.29, 0.717) is 11.6 Å². The summed E-state index contributed by atoms with van der Waals surface area (Å²) in [7, 11) is 2.87. The van der Waals surface area contributed by atoms with Crippen LogP contribution in [0.2, 0.25) is 0 Å². The fraction of sp³-hybridized carbons (Fsp3) is 0.400. The first-order chi connectivity index (χ1) is 5.16. The molecule has 0 saturated carbocycles. The molecule has 0 aromatic rings. The monoisotopic (exact) mass is 166 g/mol. The van der Waals surface area contributed by atoms with Crippen LogP contribution in [0.25, 0.3) is 0 Å². The van der Waals surface area contributed by atoms with Crippen molar-refractivity contribution in [3.8, 4) is 0 Å². The van der Waals surface area contributed by atoms with Crippen molar-refractivity contribution in [2.75, 3.05) is 0 Å². The van der Waals surface area contributed by atoms with Gasteiger partial charge in [0.2, 0.25) is 0 Å². The van der Waals surface area contributed by atoms with E-state index in [-0.39, 0.29) is 0 Å². The zero-order chi connectivity index (χ0) is 8.43. The second kappa shape index (κ2) is 3.36. The Bertz CT molecular complexity index is 223. The van der Waals surface area contributed by atoms with Crippen LogP contribution in [-0.4, -0.2) is 5.66 Å². The van der Waals surface area contributed by atoms with E-state index in [4.69, 9.17) is 0 Å². The first-order valence-electron chi connectivity index (χ1n) is 3.93. The Balaban J connectivity index is 2.92. The molecule has 1 rings (SSSR count). The van der Waals surface area contributed by atoms with Crippen molar-refractivity contribution in [3.63, 3.8) is 0 Å². The predicted molar refractivity (Wildman–Crippen MR) is 54.7 cm³/mol. The number of hydrogen-bond donors (Lipinski definition) is 0. The van der Waals surface area contributed by atoms with Gasteiger partial charge in [0, 0.05) is 5.66 Å². The molecule has 0 aromatic heterocycles. The van der Waals surface area contributed by atoms with Gasteiger partial charge in [-0.1, -0.05) is 37.3 Å². The Kier molecular flexibility index (Phi) is 2.67. The lowest BCUT2D eigenvalue weighted by molar-refractivity contribution is 0.686. The average molecular weight is 166 g/mol. The third-order valence-electron chi connectivity index (χ3n) is 2.42. The molecule has 0 bridgehead atoms. The lowest BCUT2D eigenvalue weighted by Gasteiger charge is -2.25. The van der Waals surface area contributed by atoms with Gasteiger partial charge in [-0.3, -0.25) is 0 Å². The van der Waals surface area contributed by atoms with Gasteiger partial charge in [0.05, 0.1) is 0 Å². The minimum Gasteiger partial charge on any atom is -0.129 e. The largest absolute Gasteiger partial charge is 0.129 e. The molecule has 0 N–H and O–H groups in total. The van der Waals surface area contributed by atoms with Crippen molar-refractivity contribution in [2.45, 2.75) is 19.5 Å². The SMILES string of the molecule is C=CC1=CC=C(C)C(C)C1P. The molecule has 60 valence electrons. The summed E-state index contributed by atoms with van der Waals surface area (Å²) in [5, 5.41) is 0. The van der Waals surface area contributed by atoms with Crippen molar-refractivity contribution in [3.05, 3.63) is 36.0 Å². The number of allylic oxidation sites excluding steroid dienone is 5. The molecule has 1 aliphatic carbocycles. The van der Waals surface area contributed by atoms with E-state index < -0.39 is 0 Å². The zero-order valence-electron chi connectivity index (χ0n) is 7.17. The molecule has 0 nitrogen and oxygen atoms in total. The van der Waals surface area contributed by atoms with E-state index in [1.807, 2.05) is 6.08 Å². The van der Waals surface area contributed by atoms with Crippen LogP contribution in [0.15, 0.2) is 36.0 Å². The summed E-state index contributed by atoms with van der Waals surface area (Å²) in [5.74, 6) is 0.637.